The number of hydrogen-bond acceptors (Lipinski definition) is 2. The maximum absolute atomic E-state index is 12.3. The van der Waals surface area contributed by atoms with E-state index in [1.807, 2.05) is 55.5 Å². The minimum absolute atomic E-state index is 0.102. The number of carbonyl (C=O) groups excluding carboxylic acids is 2. The van der Waals surface area contributed by atoms with Gasteiger partial charge in [0.1, 0.15) is 0 Å². The first-order valence-corrected chi connectivity index (χ1v) is 8.58. The molecule has 2 amide bonds. The van der Waals surface area contributed by atoms with Gasteiger partial charge in [0.05, 0.1) is 12.5 Å². The summed E-state index contributed by atoms with van der Waals surface area (Å²) >= 11 is 3.41. The highest BCUT2D eigenvalue weighted by molar-refractivity contribution is 9.10. The summed E-state index contributed by atoms with van der Waals surface area (Å²) in [6.45, 7) is 3.92. The Morgan fingerprint density at radius 2 is 1.83 bits per heavy atom. The van der Waals surface area contributed by atoms with Gasteiger partial charge in [-0.1, -0.05) is 57.9 Å². The molecule has 5 heteroatoms. The van der Waals surface area contributed by atoms with Gasteiger partial charge in [-0.3, -0.25) is 9.59 Å². The van der Waals surface area contributed by atoms with Crippen LogP contribution in [0.25, 0.3) is 0 Å². The van der Waals surface area contributed by atoms with E-state index in [0.717, 1.165) is 21.2 Å². The number of halogens is 1. The minimum atomic E-state index is -0.328. The van der Waals surface area contributed by atoms with Crippen molar-refractivity contribution in [2.45, 2.75) is 32.9 Å². The van der Waals surface area contributed by atoms with E-state index in [1.54, 1.807) is 0 Å². The summed E-state index contributed by atoms with van der Waals surface area (Å²) < 4.78 is 0.977. The van der Waals surface area contributed by atoms with Crippen LogP contribution in [-0.4, -0.2) is 11.8 Å². The summed E-state index contributed by atoms with van der Waals surface area (Å²) in [5.74, 6) is -0.255. The molecule has 0 radical (unpaired) electrons. The minimum Gasteiger partial charge on any atom is -0.352 e. The average molecular weight is 389 g/mol. The van der Waals surface area contributed by atoms with Crippen LogP contribution in [0.1, 0.15) is 36.1 Å². The molecular formula is C19H21BrN2O2. The molecule has 0 spiro atoms. The highest BCUT2D eigenvalue weighted by Crippen LogP contribution is 2.18. The SMILES string of the molecule is CC(=O)NC(CC(=O)NCc1cccc(Br)c1)c1ccc(C)cc1. The molecule has 0 aliphatic rings. The van der Waals surface area contributed by atoms with Crippen molar-refractivity contribution in [3.8, 4) is 0 Å². The highest BCUT2D eigenvalue weighted by atomic mass is 79.9. The molecule has 0 aliphatic carbocycles. The zero-order chi connectivity index (χ0) is 17.5. The third-order valence-corrected chi connectivity index (χ3v) is 4.12. The molecular weight excluding hydrogens is 368 g/mol. The van der Waals surface area contributed by atoms with Gasteiger partial charge in [-0.2, -0.15) is 0 Å². The van der Waals surface area contributed by atoms with Crippen LogP contribution in [0.2, 0.25) is 0 Å². The number of amides is 2. The molecule has 2 rings (SSSR count). The second-order valence-corrected chi connectivity index (χ2v) is 6.69. The van der Waals surface area contributed by atoms with Crippen LogP contribution in [0.3, 0.4) is 0 Å². The van der Waals surface area contributed by atoms with Crippen molar-refractivity contribution in [1.82, 2.24) is 10.6 Å². The number of rotatable bonds is 6. The number of benzene rings is 2. The van der Waals surface area contributed by atoms with Gasteiger partial charge >= 0.3 is 0 Å². The second kappa shape index (κ2) is 8.64. The molecule has 24 heavy (non-hydrogen) atoms. The lowest BCUT2D eigenvalue weighted by molar-refractivity contribution is -0.122. The van der Waals surface area contributed by atoms with Crippen molar-refractivity contribution in [2.75, 3.05) is 0 Å². The molecule has 1 atom stereocenters. The third-order valence-electron chi connectivity index (χ3n) is 3.63. The van der Waals surface area contributed by atoms with Crippen molar-refractivity contribution in [2.24, 2.45) is 0 Å². The molecule has 0 fully saturated rings. The van der Waals surface area contributed by atoms with Gasteiger partial charge in [-0.05, 0) is 30.2 Å². The van der Waals surface area contributed by atoms with Crippen LogP contribution in [0.4, 0.5) is 0 Å². The van der Waals surface area contributed by atoms with E-state index < -0.39 is 0 Å². The Bertz CT molecular complexity index is 714. The van der Waals surface area contributed by atoms with Gasteiger partial charge in [0, 0.05) is 17.9 Å². The van der Waals surface area contributed by atoms with Crippen molar-refractivity contribution in [1.29, 1.82) is 0 Å². The highest BCUT2D eigenvalue weighted by Gasteiger charge is 2.17. The van der Waals surface area contributed by atoms with Gasteiger partial charge in [-0.15, -0.1) is 0 Å². The van der Waals surface area contributed by atoms with E-state index in [2.05, 4.69) is 26.6 Å². The van der Waals surface area contributed by atoms with Crippen LogP contribution >= 0.6 is 15.9 Å². The number of carbonyl (C=O) groups is 2. The topological polar surface area (TPSA) is 58.2 Å². The molecule has 0 bridgehead atoms. The quantitative estimate of drug-likeness (QED) is 0.793. The van der Waals surface area contributed by atoms with Crippen molar-refractivity contribution < 1.29 is 9.59 Å². The standard InChI is InChI=1S/C19H21BrN2O2/c1-13-6-8-16(9-7-13)18(22-14(2)23)11-19(24)21-12-15-4-3-5-17(20)10-15/h3-10,18H,11-12H2,1-2H3,(H,21,24)(H,22,23). The molecule has 0 saturated carbocycles. The van der Waals surface area contributed by atoms with Crippen molar-refractivity contribution in [3.63, 3.8) is 0 Å². The van der Waals surface area contributed by atoms with Crippen LogP contribution < -0.4 is 10.6 Å². The molecule has 126 valence electrons. The lowest BCUT2D eigenvalue weighted by Crippen LogP contribution is -2.32. The van der Waals surface area contributed by atoms with Crippen molar-refractivity contribution >= 4 is 27.7 Å². The first-order chi connectivity index (χ1) is 11.4. The first-order valence-electron chi connectivity index (χ1n) is 7.79. The monoisotopic (exact) mass is 388 g/mol. The molecule has 0 aromatic heterocycles. The number of hydrogen-bond donors (Lipinski definition) is 2. The van der Waals surface area contributed by atoms with Crippen LogP contribution in [0.5, 0.6) is 0 Å². The predicted octanol–water partition coefficient (Wildman–Crippen LogP) is 3.64. The summed E-state index contributed by atoms with van der Waals surface area (Å²) in [4.78, 5) is 23.7. The number of nitrogens with one attached hydrogen (secondary N) is 2. The van der Waals surface area contributed by atoms with Gasteiger partial charge in [0.15, 0.2) is 0 Å². The van der Waals surface area contributed by atoms with Crippen LogP contribution in [0.15, 0.2) is 53.0 Å². The molecule has 0 aliphatic heterocycles. The van der Waals surface area contributed by atoms with Crippen molar-refractivity contribution in [3.05, 3.63) is 69.7 Å². The fourth-order valence-electron chi connectivity index (χ4n) is 2.40. The normalized spacial score (nSPS) is 11.6. The number of aryl methyl sites for hydroxylation is 1. The summed E-state index contributed by atoms with van der Waals surface area (Å²) in [7, 11) is 0. The predicted molar refractivity (Wildman–Crippen MR) is 98.3 cm³/mol. The zero-order valence-corrected chi connectivity index (χ0v) is 15.4. The van der Waals surface area contributed by atoms with E-state index >= 15 is 0 Å². The average Bonchev–Trinajstić information content (AvgIpc) is 2.53. The van der Waals surface area contributed by atoms with Gasteiger partial charge in [0.2, 0.25) is 11.8 Å². The summed E-state index contributed by atoms with van der Waals surface area (Å²) in [5, 5.41) is 5.75. The molecule has 2 aromatic carbocycles. The summed E-state index contributed by atoms with van der Waals surface area (Å²) in [6.07, 6.45) is 0.205. The molecule has 2 aromatic rings. The Labute approximate surface area is 150 Å². The van der Waals surface area contributed by atoms with E-state index in [0.29, 0.717) is 6.54 Å². The molecule has 0 heterocycles. The molecule has 1 unspecified atom stereocenters. The smallest absolute Gasteiger partial charge is 0.222 e. The molecule has 4 nitrogen and oxygen atoms in total. The van der Waals surface area contributed by atoms with Crippen LogP contribution in [0, 0.1) is 6.92 Å². The maximum Gasteiger partial charge on any atom is 0.222 e. The third kappa shape index (κ3) is 5.81. The largest absolute Gasteiger partial charge is 0.352 e. The Morgan fingerprint density at radius 3 is 2.46 bits per heavy atom. The van der Waals surface area contributed by atoms with Gasteiger partial charge in [-0.25, -0.2) is 0 Å². The Morgan fingerprint density at radius 1 is 1.12 bits per heavy atom. The first kappa shape index (κ1) is 18.2. The van der Waals surface area contributed by atoms with E-state index in [1.165, 1.54) is 6.92 Å². The van der Waals surface area contributed by atoms with E-state index in [4.69, 9.17) is 0 Å². The van der Waals surface area contributed by atoms with Crippen LogP contribution in [-0.2, 0) is 16.1 Å². The fraction of sp³-hybridized carbons (Fsp3) is 0.263. The van der Waals surface area contributed by atoms with Gasteiger partial charge < -0.3 is 10.6 Å². The van der Waals surface area contributed by atoms with E-state index in [-0.39, 0.29) is 24.3 Å². The Hall–Kier alpha value is -2.14. The lowest BCUT2D eigenvalue weighted by atomic mass is 10.0. The molecule has 0 saturated heterocycles. The zero-order valence-electron chi connectivity index (χ0n) is 13.8. The lowest BCUT2D eigenvalue weighted by Gasteiger charge is -2.18. The van der Waals surface area contributed by atoms with E-state index in [9.17, 15) is 9.59 Å². The molecule has 2 N–H and O–H groups in total. The summed E-state index contributed by atoms with van der Waals surface area (Å²) in [6, 6.07) is 15.3. The Balaban J connectivity index is 1.99. The maximum atomic E-state index is 12.3. The summed E-state index contributed by atoms with van der Waals surface area (Å²) in [5.41, 5.74) is 3.08. The Kier molecular flexibility index (Phi) is 6.55. The second-order valence-electron chi connectivity index (χ2n) is 5.77. The van der Waals surface area contributed by atoms with Gasteiger partial charge in [0.25, 0.3) is 0 Å². The fourth-order valence-corrected chi connectivity index (χ4v) is 2.85.